The van der Waals surface area contributed by atoms with Gasteiger partial charge in [-0.05, 0) is 13.3 Å². The molecule has 3 N–H and O–H groups in total. The average molecular weight is 248 g/mol. The van der Waals surface area contributed by atoms with Gasteiger partial charge in [0.15, 0.2) is 5.78 Å². The van der Waals surface area contributed by atoms with Crippen LogP contribution in [0.25, 0.3) is 0 Å². The molecule has 0 bridgehead atoms. The Hall–Kier alpha value is -0.980. The molecule has 3 atom stereocenters. The van der Waals surface area contributed by atoms with Crippen LogP contribution in [0.1, 0.15) is 33.1 Å². The van der Waals surface area contributed by atoms with Crippen molar-refractivity contribution in [1.82, 2.24) is 0 Å². The number of carbonyl (C=O) groups is 2. The Morgan fingerprint density at radius 2 is 1.88 bits per heavy atom. The van der Waals surface area contributed by atoms with E-state index in [0.717, 1.165) is 0 Å². The predicted octanol–water partition coefficient (Wildman–Crippen LogP) is -0.608. The summed E-state index contributed by atoms with van der Waals surface area (Å²) < 4.78 is 4.91. The number of esters is 1. The number of Topliss-reactive ketones (excluding diaryl/α,β-unsaturated/α-hetero) is 1. The van der Waals surface area contributed by atoms with Gasteiger partial charge in [-0.3, -0.25) is 9.59 Å². The van der Waals surface area contributed by atoms with Crippen molar-refractivity contribution in [3.8, 4) is 0 Å². The third-order valence-electron chi connectivity index (χ3n) is 2.16. The standard InChI is InChI=1S/C11H20O6/c1-3-4-10(15)17-7(2)5-8(13)11(16)9(14)6-12/h7,9,11-12,14,16H,3-6H2,1-2H3. The summed E-state index contributed by atoms with van der Waals surface area (Å²) in [6, 6.07) is 0. The molecule has 0 aliphatic carbocycles. The minimum atomic E-state index is -1.65. The van der Waals surface area contributed by atoms with E-state index in [1.54, 1.807) is 0 Å². The smallest absolute Gasteiger partial charge is 0.306 e. The van der Waals surface area contributed by atoms with Gasteiger partial charge in [-0.15, -0.1) is 0 Å². The highest BCUT2D eigenvalue weighted by Crippen LogP contribution is 2.06. The summed E-state index contributed by atoms with van der Waals surface area (Å²) >= 11 is 0. The molecule has 0 saturated carbocycles. The van der Waals surface area contributed by atoms with Gasteiger partial charge in [-0.2, -0.15) is 0 Å². The second kappa shape index (κ2) is 8.16. The fraction of sp³-hybridized carbons (Fsp3) is 0.818. The SMILES string of the molecule is CCCC(=O)OC(C)CC(=O)C(O)C(O)CO. The summed E-state index contributed by atoms with van der Waals surface area (Å²) in [5, 5.41) is 26.9. The van der Waals surface area contributed by atoms with Gasteiger partial charge in [0, 0.05) is 12.8 Å². The Kier molecular flexibility index (Phi) is 7.69. The number of ether oxygens (including phenoxy) is 1. The van der Waals surface area contributed by atoms with E-state index in [4.69, 9.17) is 14.9 Å². The largest absolute Gasteiger partial charge is 0.462 e. The van der Waals surface area contributed by atoms with Gasteiger partial charge in [0.25, 0.3) is 0 Å². The lowest BCUT2D eigenvalue weighted by molar-refractivity contribution is -0.151. The highest BCUT2D eigenvalue weighted by atomic mass is 16.5. The Morgan fingerprint density at radius 1 is 1.29 bits per heavy atom. The maximum absolute atomic E-state index is 11.4. The highest BCUT2D eigenvalue weighted by Gasteiger charge is 2.25. The van der Waals surface area contributed by atoms with E-state index in [2.05, 4.69) is 0 Å². The summed E-state index contributed by atoms with van der Waals surface area (Å²) in [7, 11) is 0. The van der Waals surface area contributed by atoms with Crippen molar-refractivity contribution >= 4 is 11.8 Å². The average Bonchev–Trinajstić information content (AvgIpc) is 2.26. The normalized spacial score (nSPS) is 16.1. The molecular weight excluding hydrogens is 228 g/mol. The fourth-order valence-electron chi connectivity index (χ4n) is 1.25. The molecule has 17 heavy (non-hydrogen) atoms. The molecule has 0 spiro atoms. The van der Waals surface area contributed by atoms with Gasteiger partial charge in [0.1, 0.15) is 18.3 Å². The molecule has 3 unspecified atom stereocenters. The Bertz CT molecular complexity index is 252. The van der Waals surface area contributed by atoms with E-state index in [1.807, 2.05) is 6.92 Å². The maximum Gasteiger partial charge on any atom is 0.306 e. The topological polar surface area (TPSA) is 104 Å². The number of aliphatic hydroxyl groups is 3. The molecule has 0 saturated heterocycles. The van der Waals surface area contributed by atoms with Crippen LogP contribution in [0, 0.1) is 0 Å². The first-order valence-corrected chi connectivity index (χ1v) is 5.61. The van der Waals surface area contributed by atoms with Crippen molar-refractivity contribution in [1.29, 1.82) is 0 Å². The summed E-state index contributed by atoms with van der Waals surface area (Å²) in [5.41, 5.74) is 0. The summed E-state index contributed by atoms with van der Waals surface area (Å²) in [6.45, 7) is 2.67. The number of ketones is 1. The van der Waals surface area contributed by atoms with E-state index in [0.29, 0.717) is 6.42 Å². The molecule has 0 aromatic carbocycles. The zero-order chi connectivity index (χ0) is 13.4. The molecule has 0 aromatic rings. The summed E-state index contributed by atoms with van der Waals surface area (Å²) in [6.07, 6.45) is -3.05. The van der Waals surface area contributed by atoms with Crippen molar-refractivity contribution in [3.63, 3.8) is 0 Å². The lowest BCUT2D eigenvalue weighted by atomic mass is 10.1. The van der Waals surface area contributed by atoms with Crippen molar-refractivity contribution in [3.05, 3.63) is 0 Å². The second-order valence-corrected chi connectivity index (χ2v) is 3.92. The molecule has 0 aromatic heterocycles. The second-order valence-electron chi connectivity index (χ2n) is 3.92. The van der Waals surface area contributed by atoms with Crippen LogP contribution in [-0.4, -0.2) is 52.0 Å². The van der Waals surface area contributed by atoms with Gasteiger partial charge < -0.3 is 20.1 Å². The minimum Gasteiger partial charge on any atom is -0.462 e. The number of aliphatic hydroxyl groups excluding tert-OH is 3. The van der Waals surface area contributed by atoms with Crippen LogP contribution in [0.3, 0.4) is 0 Å². The molecule has 0 radical (unpaired) electrons. The Labute approximate surface area is 100 Å². The number of hydrogen-bond donors (Lipinski definition) is 3. The molecule has 0 rings (SSSR count). The van der Waals surface area contributed by atoms with Crippen molar-refractivity contribution in [2.24, 2.45) is 0 Å². The van der Waals surface area contributed by atoms with Gasteiger partial charge in [-0.25, -0.2) is 0 Å². The van der Waals surface area contributed by atoms with Crippen LogP contribution in [0.4, 0.5) is 0 Å². The molecule has 0 amide bonds. The van der Waals surface area contributed by atoms with Crippen LogP contribution in [0.5, 0.6) is 0 Å². The van der Waals surface area contributed by atoms with Crippen molar-refractivity contribution < 1.29 is 29.6 Å². The van der Waals surface area contributed by atoms with Crippen molar-refractivity contribution in [2.45, 2.75) is 51.4 Å². The third-order valence-corrected chi connectivity index (χ3v) is 2.16. The molecule has 0 fully saturated rings. The van der Waals surface area contributed by atoms with E-state index in [1.165, 1.54) is 6.92 Å². The predicted molar refractivity (Wildman–Crippen MR) is 59.2 cm³/mol. The van der Waals surface area contributed by atoms with E-state index >= 15 is 0 Å². The lowest BCUT2D eigenvalue weighted by Crippen LogP contribution is -2.38. The van der Waals surface area contributed by atoms with Crippen LogP contribution in [0.2, 0.25) is 0 Å². The lowest BCUT2D eigenvalue weighted by Gasteiger charge is -2.17. The quantitative estimate of drug-likeness (QED) is 0.495. The number of rotatable bonds is 8. The van der Waals surface area contributed by atoms with Gasteiger partial charge in [0.2, 0.25) is 0 Å². The summed E-state index contributed by atoms with van der Waals surface area (Å²) in [5.74, 6) is -1.06. The fourth-order valence-corrected chi connectivity index (χ4v) is 1.25. The maximum atomic E-state index is 11.4. The number of carbonyl (C=O) groups excluding carboxylic acids is 2. The monoisotopic (exact) mass is 248 g/mol. The minimum absolute atomic E-state index is 0.187. The molecule has 0 aliphatic rings. The van der Waals surface area contributed by atoms with Crippen LogP contribution < -0.4 is 0 Å². The molecule has 6 nitrogen and oxygen atoms in total. The zero-order valence-corrected chi connectivity index (χ0v) is 10.1. The molecule has 0 heterocycles. The zero-order valence-electron chi connectivity index (χ0n) is 10.1. The molecule has 6 heteroatoms. The summed E-state index contributed by atoms with van der Waals surface area (Å²) in [4.78, 5) is 22.5. The van der Waals surface area contributed by atoms with Crippen LogP contribution in [-0.2, 0) is 14.3 Å². The highest BCUT2D eigenvalue weighted by molar-refractivity contribution is 5.84. The van der Waals surface area contributed by atoms with Gasteiger partial charge >= 0.3 is 5.97 Å². The van der Waals surface area contributed by atoms with Crippen molar-refractivity contribution in [2.75, 3.05) is 6.61 Å². The van der Waals surface area contributed by atoms with Crippen LogP contribution >= 0.6 is 0 Å². The first-order chi connectivity index (χ1) is 7.92. The molecule has 0 aliphatic heterocycles. The van der Waals surface area contributed by atoms with Gasteiger partial charge in [0.05, 0.1) is 6.61 Å². The molecular formula is C11H20O6. The van der Waals surface area contributed by atoms with Crippen LogP contribution in [0.15, 0.2) is 0 Å². The first-order valence-electron chi connectivity index (χ1n) is 5.61. The third kappa shape index (κ3) is 6.35. The molecule has 100 valence electrons. The van der Waals surface area contributed by atoms with E-state index < -0.39 is 36.7 Å². The van der Waals surface area contributed by atoms with E-state index in [-0.39, 0.29) is 12.8 Å². The Balaban J connectivity index is 4.07. The first kappa shape index (κ1) is 16.0. The van der Waals surface area contributed by atoms with E-state index in [9.17, 15) is 14.7 Å². The van der Waals surface area contributed by atoms with Gasteiger partial charge in [-0.1, -0.05) is 6.92 Å². The Morgan fingerprint density at radius 3 is 2.35 bits per heavy atom. The number of hydrogen-bond acceptors (Lipinski definition) is 6.